The van der Waals surface area contributed by atoms with Crippen LogP contribution >= 0.6 is 0 Å². The SMILES string of the molecule is CCCNCC(CCOCCOC)Cc1ccccc1. The van der Waals surface area contributed by atoms with Crippen LogP contribution in [0.25, 0.3) is 0 Å². The standard InChI is InChI=1S/C17H29NO2/c1-3-10-18-15-17(9-11-20-13-12-19-2)14-16-7-5-4-6-8-16/h4-8,17-18H,3,9-15H2,1-2H3. The van der Waals surface area contributed by atoms with Crippen molar-refractivity contribution in [2.75, 3.05) is 40.0 Å². The Hall–Kier alpha value is -0.900. The van der Waals surface area contributed by atoms with Crippen LogP contribution in [0.15, 0.2) is 30.3 Å². The second-order valence-electron chi connectivity index (χ2n) is 5.15. The second-order valence-corrected chi connectivity index (χ2v) is 5.15. The summed E-state index contributed by atoms with van der Waals surface area (Å²) in [6.45, 7) is 6.54. The van der Waals surface area contributed by atoms with E-state index in [9.17, 15) is 0 Å². The van der Waals surface area contributed by atoms with Crippen molar-refractivity contribution in [3.8, 4) is 0 Å². The molecule has 0 aromatic heterocycles. The molecule has 3 nitrogen and oxygen atoms in total. The van der Waals surface area contributed by atoms with Crippen LogP contribution in [0, 0.1) is 5.92 Å². The molecule has 0 fully saturated rings. The van der Waals surface area contributed by atoms with Gasteiger partial charge in [0.1, 0.15) is 0 Å². The van der Waals surface area contributed by atoms with Crippen molar-refractivity contribution in [2.24, 2.45) is 5.92 Å². The molecule has 0 saturated carbocycles. The average Bonchev–Trinajstić information content (AvgIpc) is 2.48. The van der Waals surface area contributed by atoms with Gasteiger partial charge in [-0.2, -0.15) is 0 Å². The van der Waals surface area contributed by atoms with Gasteiger partial charge in [-0.15, -0.1) is 0 Å². The predicted molar refractivity (Wildman–Crippen MR) is 84.1 cm³/mol. The van der Waals surface area contributed by atoms with Gasteiger partial charge in [0.15, 0.2) is 0 Å². The normalized spacial score (nSPS) is 12.5. The predicted octanol–water partition coefficient (Wildman–Crippen LogP) is 2.90. The lowest BCUT2D eigenvalue weighted by molar-refractivity contribution is 0.0636. The maximum absolute atomic E-state index is 5.60. The molecule has 1 N–H and O–H groups in total. The minimum atomic E-state index is 0.631. The van der Waals surface area contributed by atoms with E-state index in [1.807, 2.05) is 0 Å². The molecule has 3 heteroatoms. The van der Waals surface area contributed by atoms with E-state index < -0.39 is 0 Å². The van der Waals surface area contributed by atoms with E-state index in [1.165, 1.54) is 12.0 Å². The molecule has 0 aliphatic heterocycles. The van der Waals surface area contributed by atoms with Crippen LogP contribution in [0.4, 0.5) is 0 Å². The van der Waals surface area contributed by atoms with Crippen molar-refractivity contribution in [3.63, 3.8) is 0 Å². The smallest absolute Gasteiger partial charge is 0.0700 e. The molecule has 1 unspecified atom stereocenters. The average molecular weight is 279 g/mol. The van der Waals surface area contributed by atoms with Crippen LogP contribution in [0.1, 0.15) is 25.3 Å². The molecule has 0 spiro atoms. The van der Waals surface area contributed by atoms with Gasteiger partial charge in [-0.1, -0.05) is 37.3 Å². The highest BCUT2D eigenvalue weighted by molar-refractivity contribution is 5.15. The Morgan fingerprint density at radius 1 is 1.10 bits per heavy atom. The number of ether oxygens (including phenoxy) is 2. The van der Waals surface area contributed by atoms with Crippen LogP contribution in [-0.4, -0.2) is 40.0 Å². The first-order chi connectivity index (χ1) is 9.86. The quantitative estimate of drug-likeness (QED) is 0.597. The fourth-order valence-electron chi connectivity index (χ4n) is 2.20. The lowest BCUT2D eigenvalue weighted by Crippen LogP contribution is -2.26. The lowest BCUT2D eigenvalue weighted by atomic mass is 9.96. The molecule has 114 valence electrons. The van der Waals surface area contributed by atoms with E-state index >= 15 is 0 Å². The van der Waals surface area contributed by atoms with Gasteiger partial charge in [0.25, 0.3) is 0 Å². The first-order valence-corrected chi connectivity index (χ1v) is 7.68. The fourth-order valence-corrected chi connectivity index (χ4v) is 2.20. The number of rotatable bonds is 12. The zero-order valence-electron chi connectivity index (χ0n) is 12.9. The van der Waals surface area contributed by atoms with E-state index in [0.29, 0.717) is 19.1 Å². The molecule has 1 atom stereocenters. The minimum absolute atomic E-state index is 0.631. The molecule has 0 bridgehead atoms. The summed E-state index contributed by atoms with van der Waals surface area (Å²) < 4.78 is 10.6. The number of nitrogens with one attached hydrogen (secondary N) is 1. The summed E-state index contributed by atoms with van der Waals surface area (Å²) in [4.78, 5) is 0. The summed E-state index contributed by atoms with van der Waals surface area (Å²) in [5.74, 6) is 0.631. The third kappa shape index (κ3) is 8.31. The number of hydrogen-bond donors (Lipinski definition) is 1. The summed E-state index contributed by atoms with van der Waals surface area (Å²) >= 11 is 0. The first kappa shape index (κ1) is 17.2. The van der Waals surface area contributed by atoms with Crippen molar-refractivity contribution in [1.82, 2.24) is 5.32 Å². The van der Waals surface area contributed by atoms with Crippen LogP contribution in [-0.2, 0) is 15.9 Å². The zero-order chi connectivity index (χ0) is 14.5. The van der Waals surface area contributed by atoms with Gasteiger partial charge in [-0.25, -0.2) is 0 Å². The summed E-state index contributed by atoms with van der Waals surface area (Å²) in [5, 5.41) is 3.53. The Morgan fingerprint density at radius 3 is 2.60 bits per heavy atom. The molecule has 1 rings (SSSR count). The second kappa shape index (κ2) is 11.9. The summed E-state index contributed by atoms with van der Waals surface area (Å²) in [6.07, 6.45) is 3.39. The molecule has 0 saturated heterocycles. The van der Waals surface area contributed by atoms with E-state index in [0.717, 1.165) is 32.5 Å². The molecule has 1 aromatic carbocycles. The highest BCUT2D eigenvalue weighted by Crippen LogP contribution is 2.12. The lowest BCUT2D eigenvalue weighted by Gasteiger charge is -2.18. The number of hydrogen-bond acceptors (Lipinski definition) is 3. The van der Waals surface area contributed by atoms with Crippen LogP contribution in [0.5, 0.6) is 0 Å². The van der Waals surface area contributed by atoms with Gasteiger partial charge < -0.3 is 14.8 Å². The minimum Gasteiger partial charge on any atom is -0.382 e. The summed E-state index contributed by atoms with van der Waals surface area (Å²) in [6, 6.07) is 10.7. The molecule has 0 heterocycles. The molecule has 0 amide bonds. The molecular weight excluding hydrogens is 250 g/mol. The largest absolute Gasteiger partial charge is 0.382 e. The fraction of sp³-hybridized carbons (Fsp3) is 0.647. The maximum atomic E-state index is 5.60. The third-order valence-electron chi connectivity index (χ3n) is 3.33. The van der Waals surface area contributed by atoms with Gasteiger partial charge in [0, 0.05) is 13.7 Å². The van der Waals surface area contributed by atoms with E-state index in [2.05, 4.69) is 42.6 Å². The Labute approximate surface area is 123 Å². The molecule has 0 aliphatic rings. The molecule has 0 aliphatic carbocycles. The summed E-state index contributed by atoms with van der Waals surface area (Å²) in [7, 11) is 1.70. The Balaban J connectivity index is 2.31. The van der Waals surface area contributed by atoms with Gasteiger partial charge in [0.05, 0.1) is 13.2 Å². The molecular formula is C17H29NO2. The van der Waals surface area contributed by atoms with Crippen LogP contribution in [0.2, 0.25) is 0 Å². The van der Waals surface area contributed by atoms with E-state index in [1.54, 1.807) is 7.11 Å². The van der Waals surface area contributed by atoms with Gasteiger partial charge in [-0.05, 0) is 43.8 Å². The third-order valence-corrected chi connectivity index (χ3v) is 3.33. The Kier molecular flexibility index (Phi) is 10.2. The summed E-state index contributed by atoms with van der Waals surface area (Å²) in [5.41, 5.74) is 1.41. The molecule has 0 radical (unpaired) electrons. The van der Waals surface area contributed by atoms with E-state index in [-0.39, 0.29) is 0 Å². The zero-order valence-corrected chi connectivity index (χ0v) is 12.9. The number of benzene rings is 1. The van der Waals surface area contributed by atoms with Crippen LogP contribution in [0.3, 0.4) is 0 Å². The first-order valence-electron chi connectivity index (χ1n) is 7.68. The molecule has 20 heavy (non-hydrogen) atoms. The topological polar surface area (TPSA) is 30.5 Å². The van der Waals surface area contributed by atoms with Crippen molar-refractivity contribution in [3.05, 3.63) is 35.9 Å². The maximum Gasteiger partial charge on any atom is 0.0700 e. The van der Waals surface area contributed by atoms with Gasteiger partial charge in [0.2, 0.25) is 0 Å². The Morgan fingerprint density at radius 2 is 1.90 bits per heavy atom. The van der Waals surface area contributed by atoms with Gasteiger partial charge >= 0.3 is 0 Å². The van der Waals surface area contributed by atoms with Crippen molar-refractivity contribution < 1.29 is 9.47 Å². The monoisotopic (exact) mass is 279 g/mol. The van der Waals surface area contributed by atoms with Crippen molar-refractivity contribution in [2.45, 2.75) is 26.2 Å². The van der Waals surface area contributed by atoms with E-state index in [4.69, 9.17) is 9.47 Å². The highest BCUT2D eigenvalue weighted by atomic mass is 16.5. The van der Waals surface area contributed by atoms with Gasteiger partial charge in [-0.3, -0.25) is 0 Å². The van der Waals surface area contributed by atoms with Crippen LogP contribution < -0.4 is 5.32 Å². The highest BCUT2D eigenvalue weighted by Gasteiger charge is 2.09. The van der Waals surface area contributed by atoms with Crippen molar-refractivity contribution >= 4 is 0 Å². The number of methoxy groups -OCH3 is 1. The molecule has 1 aromatic rings. The Bertz CT molecular complexity index is 316. The van der Waals surface area contributed by atoms with Crippen molar-refractivity contribution in [1.29, 1.82) is 0 Å².